The van der Waals surface area contributed by atoms with Crippen LogP contribution in [0.15, 0.2) is 29.2 Å². The fourth-order valence-corrected chi connectivity index (χ4v) is 4.21. The molecule has 20 heavy (non-hydrogen) atoms. The summed E-state index contributed by atoms with van der Waals surface area (Å²) < 4.78 is 26.9. The van der Waals surface area contributed by atoms with Gasteiger partial charge in [-0.15, -0.1) is 0 Å². The SMILES string of the molecule is CCN1CCN(S(=O)(=O)c2cccc(CN)c2)CC1C. The zero-order valence-electron chi connectivity index (χ0n) is 12.1. The molecule has 0 radical (unpaired) electrons. The summed E-state index contributed by atoms with van der Waals surface area (Å²) in [6, 6.07) is 7.16. The van der Waals surface area contributed by atoms with Crippen molar-refractivity contribution < 1.29 is 8.42 Å². The Bertz CT molecular complexity index is 559. The molecule has 2 rings (SSSR count). The van der Waals surface area contributed by atoms with Gasteiger partial charge in [0.2, 0.25) is 10.0 Å². The van der Waals surface area contributed by atoms with E-state index in [-0.39, 0.29) is 6.04 Å². The highest BCUT2D eigenvalue weighted by atomic mass is 32.2. The van der Waals surface area contributed by atoms with Gasteiger partial charge in [-0.25, -0.2) is 8.42 Å². The van der Waals surface area contributed by atoms with Crippen molar-refractivity contribution in [3.63, 3.8) is 0 Å². The first-order valence-electron chi connectivity index (χ1n) is 7.02. The lowest BCUT2D eigenvalue weighted by molar-refractivity contribution is 0.135. The van der Waals surface area contributed by atoms with Gasteiger partial charge in [0.15, 0.2) is 0 Å². The molecule has 1 aromatic rings. The predicted molar refractivity (Wildman–Crippen MR) is 79.8 cm³/mol. The Kier molecular flexibility index (Phi) is 4.80. The van der Waals surface area contributed by atoms with E-state index in [0.29, 0.717) is 24.5 Å². The second-order valence-corrected chi connectivity index (χ2v) is 7.13. The second kappa shape index (κ2) is 6.22. The summed E-state index contributed by atoms with van der Waals surface area (Å²) in [5.74, 6) is 0. The third-order valence-corrected chi connectivity index (χ3v) is 5.77. The van der Waals surface area contributed by atoms with Crippen molar-refractivity contribution >= 4 is 10.0 Å². The van der Waals surface area contributed by atoms with Gasteiger partial charge in [0.25, 0.3) is 0 Å². The first kappa shape index (κ1) is 15.4. The van der Waals surface area contributed by atoms with Gasteiger partial charge in [0, 0.05) is 32.2 Å². The number of nitrogens with two attached hydrogens (primary N) is 1. The minimum Gasteiger partial charge on any atom is -0.326 e. The Labute approximate surface area is 121 Å². The molecule has 0 aromatic heterocycles. The predicted octanol–water partition coefficient (Wildman–Crippen LogP) is 0.860. The number of hydrogen-bond acceptors (Lipinski definition) is 4. The molecule has 0 aliphatic carbocycles. The van der Waals surface area contributed by atoms with Crippen molar-refractivity contribution in [2.75, 3.05) is 26.2 Å². The summed E-state index contributed by atoms with van der Waals surface area (Å²) in [6.07, 6.45) is 0. The molecule has 1 aliphatic rings. The highest BCUT2D eigenvalue weighted by molar-refractivity contribution is 7.89. The maximum atomic E-state index is 12.7. The first-order chi connectivity index (χ1) is 9.48. The Hall–Kier alpha value is -0.950. The standard InChI is InChI=1S/C14H23N3O2S/c1-3-16-7-8-17(11-12(16)2)20(18,19)14-6-4-5-13(9-14)10-15/h4-6,9,12H,3,7-8,10-11,15H2,1-2H3. The summed E-state index contributed by atoms with van der Waals surface area (Å²) in [5, 5.41) is 0. The molecule has 5 nitrogen and oxygen atoms in total. The van der Waals surface area contributed by atoms with Gasteiger partial charge in [-0.05, 0) is 31.2 Å². The van der Waals surface area contributed by atoms with Crippen LogP contribution in [0.5, 0.6) is 0 Å². The molecule has 0 bridgehead atoms. The van der Waals surface area contributed by atoms with E-state index in [1.54, 1.807) is 22.5 Å². The average Bonchev–Trinajstić information content (AvgIpc) is 2.47. The minimum absolute atomic E-state index is 0.251. The van der Waals surface area contributed by atoms with Crippen LogP contribution in [0.25, 0.3) is 0 Å². The second-order valence-electron chi connectivity index (χ2n) is 5.19. The quantitative estimate of drug-likeness (QED) is 0.895. The number of hydrogen-bond donors (Lipinski definition) is 1. The topological polar surface area (TPSA) is 66.6 Å². The Morgan fingerprint density at radius 1 is 1.35 bits per heavy atom. The zero-order valence-corrected chi connectivity index (χ0v) is 12.9. The summed E-state index contributed by atoms with van der Waals surface area (Å²) in [4.78, 5) is 2.64. The summed E-state index contributed by atoms with van der Waals surface area (Å²) in [5.41, 5.74) is 6.42. The van der Waals surface area contributed by atoms with Gasteiger partial charge >= 0.3 is 0 Å². The lowest BCUT2D eigenvalue weighted by atomic mass is 10.2. The monoisotopic (exact) mass is 297 g/mol. The lowest BCUT2D eigenvalue weighted by Gasteiger charge is -2.38. The Balaban J connectivity index is 2.22. The van der Waals surface area contributed by atoms with Crippen LogP contribution in [-0.4, -0.2) is 49.8 Å². The largest absolute Gasteiger partial charge is 0.326 e. The molecule has 1 unspecified atom stereocenters. The number of sulfonamides is 1. The van der Waals surface area contributed by atoms with Crippen LogP contribution < -0.4 is 5.73 Å². The van der Waals surface area contributed by atoms with Crippen LogP contribution in [0.4, 0.5) is 0 Å². The van der Waals surface area contributed by atoms with Crippen LogP contribution in [0.3, 0.4) is 0 Å². The molecule has 0 spiro atoms. The fourth-order valence-electron chi connectivity index (χ4n) is 2.63. The number of piperazine rings is 1. The fraction of sp³-hybridized carbons (Fsp3) is 0.571. The molecule has 1 aliphatic heterocycles. The van der Waals surface area contributed by atoms with Crippen molar-refractivity contribution in [2.24, 2.45) is 5.73 Å². The molecule has 1 fully saturated rings. The van der Waals surface area contributed by atoms with Gasteiger partial charge in [0.1, 0.15) is 0 Å². The third kappa shape index (κ3) is 3.03. The van der Waals surface area contributed by atoms with Crippen LogP contribution in [0, 0.1) is 0 Å². The third-order valence-electron chi connectivity index (χ3n) is 3.91. The van der Waals surface area contributed by atoms with E-state index < -0.39 is 10.0 Å². The van der Waals surface area contributed by atoms with E-state index in [2.05, 4.69) is 18.7 Å². The normalized spacial score (nSPS) is 22.1. The number of rotatable bonds is 4. The molecule has 0 saturated carbocycles. The van der Waals surface area contributed by atoms with Gasteiger partial charge < -0.3 is 5.73 Å². The number of likely N-dealkylation sites (N-methyl/N-ethyl adjacent to an activating group) is 1. The molecular formula is C14H23N3O2S. The van der Waals surface area contributed by atoms with E-state index in [9.17, 15) is 8.42 Å². The van der Waals surface area contributed by atoms with Gasteiger partial charge in [-0.2, -0.15) is 4.31 Å². The highest BCUT2D eigenvalue weighted by Crippen LogP contribution is 2.20. The molecule has 1 heterocycles. The molecule has 112 valence electrons. The molecule has 6 heteroatoms. The van der Waals surface area contributed by atoms with Crippen LogP contribution >= 0.6 is 0 Å². The first-order valence-corrected chi connectivity index (χ1v) is 8.46. The van der Waals surface area contributed by atoms with Crippen molar-refractivity contribution in [3.05, 3.63) is 29.8 Å². The highest BCUT2D eigenvalue weighted by Gasteiger charge is 2.31. The summed E-state index contributed by atoms with van der Waals surface area (Å²) >= 11 is 0. The average molecular weight is 297 g/mol. The lowest BCUT2D eigenvalue weighted by Crippen LogP contribution is -2.53. The van der Waals surface area contributed by atoms with Crippen molar-refractivity contribution in [2.45, 2.75) is 31.3 Å². The Morgan fingerprint density at radius 3 is 2.70 bits per heavy atom. The maximum Gasteiger partial charge on any atom is 0.243 e. The van der Waals surface area contributed by atoms with Gasteiger partial charge in [-0.3, -0.25) is 4.90 Å². The van der Waals surface area contributed by atoms with E-state index in [4.69, 9.17) is 5.73 Å². The van der Waals surface area contributed by atoms with Crippen LogP contribution in [0.1, 0.15) is 19.4 Å². The minimum atomic E-state index is -3.41. The molecular weight excluding hydrogens is 274 g/mol. The van der Waals surface area contributed by atoms with Crippen molar-refractivity contribution in [1.29, 1.82) is 0 Å². The number of nitrogens with zero attached hydrogens (tertiary/aromatic N) is 2. The van der Waals surface area contributed by atoms with E-state index in [0.717, 1.165) is 18.7 Å². The van der Waals surface area contributed by atoms with Crippen LogP contribution in [0.2, 0.25) is 0 Å². The van der Waals surface area contributed by atoms with E-state index in [1.165, 1.54) is 0 Å². The van der Waals surface area contributed by atoms with Crippen molar-refractivity contribution in [1.82, 2.24) is 9.21 Å². The van der Waals surface area contributed by atoms with Gasteiger partial charge in [-0.1, -0.05) is 19.1 Å². The van der Waals surface area contributed by atoms with E-state index in [1.807, 2.05) is 6.07 Å². The zero-order chi connectivity index (χ0) is 14.8. The molecule has 2 N–H and O–H groups in total. The summed E-state index contributed by atoms with van der Waals surface area (Å²) in [6.45, 7) is 7.36. The van der Waals surface area contributed by atoms with Crippen LogP contribution in [-0.2, 0) is 16.6 Å². The van der Waals surface area contributed by atoms with Gasteiger partial charge in [0.05, 0.1) is 4.90 Å². The molecule has 1 atom stereocenters. The number of benzene rings is 1. The van der Waals surface area contributed by atoms with Crippen molar-refractivity contribution in [3.8, 4) is 0 Å². The maximum absolute atomic E-state index is 12.7. The summed E-state index contributed by atoms with van der Waals surface area (Å²) in [7, 11) is -3.41. The smallest absolute Gasteiger partial charge is 0.243 e. The Morgan fingerprint density at radius 2 is 2.10 bits per heavy atom. The molecule has 1 aromatic carbocycles. The van der Waals surface area contributed by atoms with E-state index >= 15 is 0 Å². The molecule has 0 amide bonds. The molecule has 1 saturated heterocycles.